The predicted octanol–water partition coefficient (Wildman–Crippen LogP) is 5.90. The van der Waals surface area contributed by atoms with Gasteiger partial charge in [-0.15, -0.1) is 0 Å². The third-order valence-corrected chi connectivity index (χ3v) is 5.23. The van der Waals surface area contributed by atoms with Crippen molar-refractivity contribution in [1.82, 2.24) is 0 Å². The van der Waals surface area contributed by atoms with Crippen LogP contribution in [0.2, 0.25) is 0 Å². The maximum Gasteiger partial charge on any atom is 0.217 e. The molecule has 1 heterocycles. The number of nitrogens with zero attached hydrogens (tertiary/aromatic N) is 1. The minimum absolute atomic E-state index is 0.0336. The lowest BCUT2D eigenvalue weighted by atomic mass is 10.1. The lowest BCUT2D eigenvalue weighted by molar-refractivity contribution is 0.190. The molecule has 3 heteroatoms. The second-order valence-electron chi connectivity index (χ2n) is 7.70. The third-order valence-electron chi connectivity index (χ3n) is 5.23. The molecule has 154 valence electrons. The number of aliphatic hydroxyl groups is 1. The molecule has 0 saturated heterocycles. The van der Waals surface area contributed by atoms with Gasteiger partial charge in [0.25, 0.3) is 0 Å². The molecule has 0 fully saturated rings. The van der Waals surface area contributed by atoms with Crippen LogP contribution in [0.5, 0.6) is 0 Å². The molecule has 0 saturated carbocycles. The molecule has 3 nitrogen and oxygen atoms in total. The molecule has 2 atom stereocenters. The standard InChI is InChI=1S/C25H37NO2/c1-2-3-4-5-6-7-8-9-10-11-12-13-17-20-24-23(21-27)26-25(28-24)22-18-15-14-16-19-22/h14-16,18-19,23-24,27H,2-13,21H2,1H3/t23-,24+/m0/s1. The summed E-state index contributed by atoms with van der Waals surface area (Å²) in [7, 11) is 0. The second-order valence-corrected chi connectivity index (χ2v) is 7.70. The molecule has 1 aliphatic heterocycles. The third kappa shape index (κ3) is 8.48. The highest BCUT2D eigenvalue weighted by atomic mass is 16.5. The number of aliphatic hydroxyl groups excluding tert-OH is 1. The van der Waals surface area contributed by atoms with Crippen LogP contribution >= 0.6 is 0 Å². The van der Waals surface area contributed by atoms with E-state index in [4.69, 9.17) is 4.74 Å². The van der Waals surface area contributed by atoms with E-state index in [1.807, 2.05) is 30.3 Å². The summed E-state index contributed by atoms with van der Waals surface area (Å²) < 4.78 is 5.87. The summed E-state index contributed by atoms with van der Waals surface area (Å²) in [6.45, 7) is 2.24. The number of hydrogen-bond acceptors (Lipinski definition) is 3. The SMILES string of the molecule is CCCCCCCCCCCCCC#C[C@H]1OC(c2ccccc2)=N[C@H]1CO. The van der Waals surface area contributed by atoms with Crippen LogP contribution in [0.25, 0.3) is 0 Å². The lowest BCUT2D eigenvalue weighted by Gasteiger charge is -2.09. The number of benzene rings is 1. The number of aliphatic imine (C=N–C) groups is 1. The molecule has 1 N–H and O–H groups in total. The second kappa shape index (κ2) is 14.2. The summed E-state index contributed by atoms with van der Waals surface area (Å²) in [6, 6.07) is 9.54. The van der Waals surface area contributed by atoms with Crippen LogP contribution in [0.1, 0.15) is 89.5 Å². The highest BCUT2D eigenvalue weighted by Gasteiger charge is 2.29. The Hall–Kier alpha value is -1.79. The monoisotopic (exact) mass is 383 g/mol. The van der Waals surface area contributed by atoms with E-state index >= 15 is 0 Å². The molecule has 0 aromatic heterocycles. The average Bonchev–Trinajstić information content (AvgIpc) is 3.15. The van der Waals surface area contributed by atoms with E-state index in [1.165, 1.54) is 64.2 Å². The molecule has 0 radical (unpaired) electrons. The summed E-state index contributed by atoms with van der Waals surface area (Å²) >= 11 is 0. The van der Waals surface area contributed by atoms with Crippen molar-refractivity contribution in [3.05, 3.63) is 35.9 Å². The molecule has 0 amide bonds. The minimum atomic E-state index is -0.326. The van der Waals surface area contributed by atoms with Gasteiger partial charge in [-0.05, 0) is 18.6 Å². The fourth-order valence-electron chi connectivity index (χ4n) is 3.48. The zero-order valence-corrected chi connectivity index (χ0v) is 17.5. The smallest absolute Gasteiger partial charge is 0.217 e. The Labute approximate surface area is 171 Å². The Morgan fingerprint density at radius 3 is 2.11 bits per heavy atom. The first-order chi connectivity index (χ1) is 13.8. The molecular weight excluding hydrogens is 346 g/mol. The van der Waals surface area contributed by atoms with Gasteiger partial charge in [0.1, 0.15) is 6.04 Å². The molecule has 0 bridgehead atoms. The van der Waals surface area contributed by atoms with Crippen LogP contribution in [0.3, 0.4) is 0 Å². The topological polar surface area (TPSA) is 41.8 Å². The molecule has 0 aliphatic carbocycles. The predicted molar refractivity (Wildman–Crippen MR) is 118 cm³/mol. The van der Waals surface area contributed by atoms with Gasteiger partial charge in [0.15, 0.2) is 6.10 Å². The highest BCUT2D eigenvalue weighted by Crippen LogP contribution is 2.18. The molecule has 2 rings (SSSR count). The van der Waals surface area contributed by atoms with Crippen molar-refractivity contribution in [3.63, 3.8) is 0 Å². The Morgan fingerprint density at radius 2 is 1.50 bits per heavy atom. The summed E-state index contributed by atoms with van der Waals surface area (Å²) in [5, 5.41) is 9.55. The quantitative estimate of drug-likeness (QED) is 0.340. The van der Waals surface area contributed by atoms with Crippen LogP contribution in [0.4, 0.5) is 0 Å². The maximum atomic E-state index is 9.55. The van der Waals surface area contributed by atoms with E-state index in [0.717, 1.165) is 18.4 Å². The van der Waals surface area contributed by atoms with Crippen LogP contribution in [0, 0.1) is 11.8 Å². The van der Waals surface area contributed by atoms with Crippen molar-refractivity contribution in [2.45, 2.75) is 96.1 Å². The van der Waals surface area contributed by atoms with Gasteiger partial charge in [0.2, 0.25) is 5.90 Å². The number of ether oxygens (including phenoxy) is 1. The van der Waals surface area contributed by atoms with Crippen LogP contribution < -0.4 is 0 Å². The summed E-state index contributed by atoms with van der Waals surface area (Å²) in [6.07, 6.45) is 15.4. The maximum absolute atomic E-state index is 9.55. The normalized spacial score (nSPS) is 18.3. The molecule has 1 aromatic rings. The van der Waals surface area contributed by atoms with Crippen molar-refractivity contribution in [2.75, 3.05) is 6.61 Å². The van der Waals surface area contributed by atoms with Gasteiger partial charge in [-0.1, -0.05) is 101 Å². The van der Waals surface area contributed by atoms with E-state index in [2.05, 4.69) is 23.8 Å². The first-order valence-corrected chi connectivity index (χ1v) is 11.2. The first-order valence-electron chi connectivity index (χ1n) is 11.2. The Bertz CT molecular complexity index is 614. The van der Waals surface area contributed by atoms with Crippen molar-refractivity contribution in [2.24, 2.45) is 4.99 Å². The van der Waals surface area contributed by atoms with E-state index in [1.54, 1.807) is 0 Å². The van der Waals surface area contributed by atoms with E-state index in [9.17, 15) is 5.11 Å². The Balaban J connectivity index is 1.54. The molecule has 1 aliphatic rings. The fraction of sp³-hybridized carbons (Fsp3) is 0.640. The van der Waals surface area contributed by atoms with Gasteiger partial charge in [-0.3, -0.25) is 0 Å². The van der Waals surface area contributed by atoms with Crippen molar-refractivity contribution < 1.29 is 9.84 Å². The van der Waals surface area contributed by atoms with Crippen LogP contribution in [-0.4, -0.2) is 29.8 Å². The number of rotatable bonds is 13. The summed E-state index contributed by atoms with van der Waals surface area (Å²) in [4.78, 5) is 4.48. The minimum Gasteiger partial charge on any atom is -0.459 e. The van der Waals surface area contributed by atoms with Crippen molar-refractivity contribution in [1.29, 1.82) is 0 Å². The first kappa shape index (κ1) is 22.5. The summed E-state index contributed by atoms with van der Waals surface area (Å²) in [5.41, 5.74) is 0.940. The zero-order chi connectivity index (χ0) is 19.9. The Kier molecular flexibility index (Phi) is 11.4. The molecule has 1 aromatic carbocycles. The molecule has 28 heavy (non-hydrogen) atoms. The van der Waals surface area contributed by atoms with Gasteiger partial charge in [0, 0.05) is 12.0 Å². The van der Waals surface area contributed by atoms with Crippen molar-refractivity contribution in [3.8, 4) is 11.8 Å². The zero-order valence-electron chi connectivity index (χ0n) is 17.5. The fourth-order valence-corrected chi connectivity index (χ4v) is 3.48. The van der Waals surface area contributed by atoms with Crippen LogP contribution in [-0.2, 0) is 4.74 Å². The van der Waals surface area contributed by atoms with Gasteiger partial charge in [0.05, 0.1) is 6.61 Å². The molecular formula is C25H37NO2. The van der Waals surface area contributed by atoms with Gasteiger partial charge >= 0.3 is 0 Å². The molecule has 0 unspecified atom stereocenters. The van der Waals surface area contributed by atoms with Gasteiger partial charge in [-0.2, -0.15) is 0 Å². The Morgan fingerprint density at radius 1 is 0.893 bits per heavy atom. The van der Waals surface area contributed by atoms with E-state index in [0.29, 0.717) is 5.90 Å². The van der Waals surface area contributed by atoms with E-state index in [-0.39, 0.29) is 18.8 Å². The van der Waals surface area contributed by atoms with Crippen molar-refractivity contribution >= 4 is 5.90 Å². The largest absolute Gasteiger partial charge is 0.459 e. The highest BCUT2D eigenvalue weighted by molar-refractivity contribution is 5.95. The average molecular weight is 384 g/mol. The lowest BCUT2D eigenvalue weighted by Crippen LogP contribution is -2.24. The number of hydrogen-bond donors (Lipinski definition) is 1. The van der Waals surface area contributed by atoms with Gasteiger partial charge in [-0.25, -0.2) is 4.99 Å². The molecule has 0 spiro atoms. The summed E-state index contributed by atoms with van der Waals surface area (Å²) in [5.74, 6) is 7.00. The van der Waals surface area contributed by atoms with Crippen LogP contribution in [0.15, 0.2) is 35.3 Å². The van der Waals surface area contributed by atoms with E-state index < -0.39 is 0 Å². The number of unbranched alkanes of at least 4 members (excludes halogenated alkanes) is 11. The van der Waals surface area contributed by atoms with Gasteiger partial charge < -0.3 is 9.84 Å².